The molecule has 0 spiro atoms. The van der Waals surface area contributed by atoms with Crippen LogP contribution in [0.4, 0.5) is 5.82 Å². The summed E-state index contributed by atoms with van der Waals surface area (Å²) in [5, 5.41) is 3.38. The number of hydrogen-bond acceptors (Lipinski definition) is 3. The van der Waals surface area contributed by atoms with E-state index in [9.17, 15) is 0 Å². The van der Waals surface area contributed by atoms with Gasteiger partial charge >= 0.3 is 0 Å². The van der Waals surface area contributed by atoms with Crippen molar-refractivity contribution in [1.29, 1.82) is 0 Å². The average molecular weight is 205 g/mol. The van der Waals surface area contributed by atoms with Crippen LogP contribution in [0, 0.1) is 11.8 Å². The molecular formula is C12H19N3. The molecule has 0 aliphatic heterocycles. The Labute approximate surface area is 91.3 Å². The van der Waals surface area contributed by atoms with Gasteiger partial charge in [-0.25, -0.2) is 9.97 Å². The molecular weight excluding hydrogens is 186 g/mol. The van der Waals surface area contributed by atoms with E-state index in [-0.39, 0.29) is 0 Å². The van der Waals surface area contributed by atoms with Gasteiger partial charge in [0.25, 0.3) is 0 Å². The van der Waals surface area contributed by atoms with Gasteiger partial charge in [0, 0.05) is 12.7 Å². The maximum Gasteiger partial charge on any atom is 0.129 e. The zero-order valence-corrected chi connectivity index (χ0v) is 9.32. The Hall–Kier alpha value is -1.12. The van der Waals surface area contributed by atoms with Gasteiger partial charge in [0.2, 0.25) is 0 Å². The highest BCUT2D eigenvalue weighted by atomic mass is 15.0. The molecule has 15 heavy (non-hydrogen) atoms. The Bertz CT molecular complexity index is 286. The standard InChI is InChI=1S/C12H19N3/c1-10-3-2-4-11(7-10)8-14-12-5-6-13-9-15-12/h5-6,9-11H,2-4,7-8H2,1H3,(H,13,14,15). The van der Waals surface area contributed by atoms with Crippen molar-refractivity contribution in [2.24, 2.45) is 11.8 Å². The highest BCUT2D eigenvalue weighted by Gasteiger charge is 2.18. The van der Waals surface area contributed by atoms with Crippen LogP contribution in [0.25, 0.3) is 0 Å². The zero-order valence-electron chi connectivity index (χ0n) is 9.32. The molecule has 1 aliphatic carbocycles. The molecule has 82 valence electrons. The third-order valence-electron chi connectivity index (χ3n) is 3.20. The molecule has 1 saturated carbocycles. The summed E-state index contributed by atoms with van der Waals surface area (Å²) in [6, 6.07) is 1.92. The van der Waals surface area contributed by atoms with Crippen LogP contribution in [-0.4, -0.2) is 16.5 Å². The topological polar surface area (TPSA) is 37.8 Å². The van der Waals surface area contributed by atoms with Crippen molar-refractivity contribution in [1.82, 2.24) is 9.97 Å². The predicted octanol–water partition coefficient (Wildman–Crippen LogP) is 2.71. The molecule has 2 atom stereocenters. The van der Waals surface area contributed by atoms with E-state index in [1.807, 2.05) is 6.07 Å². The van der Waals surface area contributed by atoms with Crippen LogP contribution in [0.5, 0.6) is 0 Å². The lowest BCUT2D eigenvalue weighted by atomic mass is 9.82. The molecule has 0 aromatic carbocycles. The maximum absolute atomic E-state index is 4.16. The van der Waals surface area contributed by atoms with E-state index in [2.05, 4.69) is 22.2 Å². The van der Waals surface area contributed by atoms with Gasteiger partial charge in [0.05, 0.1) is 0 Å². The Balaban J connectivity index is 1.78. The van der Waals surface area contributed by atoms with Crippen molar-refractivity contribution < 1.29 is 0 Å². The summed E-state index contributed by atoms with van der Waals surface area (Å²) >= 11 is 0. The minimum Gasteiger partial charge on any atom is -0.370 e. The first-order chi connectivity index (χ1) is 7.34. The smallest absolute Gasteiger partial charge is 0.129 e. The third-order valence-corrected chi connectivity index (χ3v) is 3.20. The van der Waals surface area contributed by atoms with Crippen molar-refractivity contribution in [3.63, 3.8) is 0 Å². The number of hydrogen-bond donors (Lipinski definition) is 1. The molecule has 2 unspecified atom stereocenters. The van der Waals surface area contributed by atoms with Gasteiger partial charge in [-0.2, -0.15) is 0 Å². The quantitative estimate of drug-likeness (QED) is 0.824. The Morgan fingerprint density at radius 1 is 1.47 bits per heavy atom. The maximum atomic E-state index is 4.16. The molecule has 2 rings (SSSR count). The molecule has 0 amide bonds. The number of rotatable bonds is 3. The van der Waals surface area contributed by atoms with Crippen LogP contribution in [-0.2, 0) is 0 Å². The molecule has 3 heteroatoms. The monoisotopic (exact) mass is 205 g/mol. The fourth-order valence-electron chi connectivity index (χ4n) is 2.39. The number of aromatic nitrogens is 2. The second-order valence-corrected chi connectivity index (χ2v) is 4.61. The number of nitrogens with zero attached hydrogens (tertiary/aromatic N) is 2. The number of anilines is 1. The molecule has 1 aromatic heterocycles. The minimum atomic E-state index is 0.823. The lowest BCUT2D eigenvalue weighted by Crippen LogP contribution is -2.21. The van der Waals surface area contributed by atoms with E-state index in [1.165, 1.54) is 25.7 Å². The summed E-state index contributed by atoms with van der Waals surface area (Å²) < 4.78 is 0. The first-order valence-corrected chi connectivity index (χ1v) is 5.84. The fraction of sp³-hybridized carbons (Fsp3) is 0.667. The average Bonchev–Trinajstić information content (AvgIpc) is 2.28. The summed E-state index contributed by atoms with van der Waals surface area (Å²) in [5.41, 5.74) is 0. The molecule has 1 aliphatic rings. The van der Waals surface area contributed by atoms with Crippen LogP contribution in [0.3, 0.4) is 0 Å². The fourth-order valence-corrected chi connectivity index (χ4v) is 2.39. The Morgan fingerprint density at radius 3 is 3.13 bits per heavy atom. The van der Waals surface area contributed by atoms with Crippen molar-refractivity contribution in [3.8, 4) is 0 Å². The molecule has 3 nitrogen and oxygen atoms in total. The second-order valence-electron chi connectivity index (χ2n) is 4.61. The summed E-state index contributed by atoms with van der Waals surface area (Å²) in [5.74, 6) is 2.67. The van der Waals surface area contributed by atoms with E-state index >= 15 is 0 Å². The number of nitrogens with one attached hydrogen (secondary N) is 1. The van der Waals surface area contributed by atoms with Crippen molar-refractivity contribution in [2.75, 3.05) is 11.9 Å². The van der Waals surface area contributed by atoms with E-state index in [4.69, 9.17) is 0 Å². The van der Waals surface area contributed by atoms with Gasteiger partial charge in [-0.15, -0.1) is 0 Å². The first-order valence-electron chi connectivity index (χ1n) is 5.84. The normalized spacial score (nSPS) is 26.2. The van der Waals surface area contributed by atoms with Gasteiger partial charge in [0.15, 0.2) is 0 Å². The van der Waals surface area contributed by atoms with Gasteiger partial charge in [-0.3, -0.25) is 0 Å². The summed E-state index contributed by atoms with van der Waals surface area (Å²) in [6.45, 7) is 3.41. The molecule has 1 aromatic rings. The highest BCUT2D eigenvalue weighted by molar-refractivity contribution is 5.31. The van der Waals surface area contributed by atoms with E-state index in [0.29, 0.717) is 0 Å². The minimum absolute atomic E-state index is 0.823. The van der Waals surface area contributed by atoms with Crippen molar-refractivity contribution in [2.45, 2.75) is 32.6 Å². The lowest BCUT2D eigenvalue weighted by Gasteiger charge is -2.26. The molecule has 0 bridgehead atoms. The van der Waals surface area contributed by atoms with Crippen molar-refractivity contribution in [3.05, 3.63) is 18.6 Å². The van der Waals surface area contributed by atoms with E-state index in [1.54, 1.807) is 12.5 Å². The van der Waals surface area contributed by atoms with Crippen LogP contribution in [0.2, 0.25) is 0 Å². The molecule has 0 radical (unpaired) electrons. The van der Waals surface area contributed by atoms with Gasteiger partial charge in [-0.05, 0) is 30.7 Å². The van der Waals surface area contributed by atoms with Crippen LogP contribution >= 0.6 is 0 Å². The summed E-state index contributed by atoms with van der Waals surface area (Å²) in [4.78, 5) is 8.06. The largest absolute Gasteiger partial charge is 0.370 e. The van der Waals surface area contributed by atoms with Crippen LogP contribution in [0.1, 0.15) is 32.6 Å². The molecule has 1 fully saturated rings. The van der Waals surface area contributed by atoms with Gasteiger partial charge < -0.3 is 5.32 Å². The third kappa shape index (κ3) is 3.18. The predicted molar refractivity (Wildman–Crippen MR) is 61.6 cm³/mol. The van der Waals surface area contributed by atoms with Crippen molar-refractivity contribution >= 4 is 5.82 Å². The van der Waals surface area contributed by atoms with Crippen LogP contribution in [0.15, 0.2) is 18.6 Å². The second kappa shape index (κ2) is 5.10. The SMILES string of the molecule is CC1CCCC(CNc2ccncn2)C1. The highest BCUT2D eigenvalue weighted by Crippen LogP contribution is 2.28. The summed E-state index contributed by atoms with van der Waals surface area (Å²) in [6.07, 6.45) is 8.88. The molecule has 1 heterocycles. The van der Waals surface area contributed by atoms with E-state index < -0.39 is 0 Å². The Kier molecular flexibility index (Phi) is 3.54. The zero-order chi connectivity index (χ0) is 10.5. The summed E-state index contributed by atoms with van der Waals surface area (Å²) in [7, 11) is 0. The van der Waals surface area contributed by atoms with Gasteiger partial charge in [-0.1, -0.05) is 19.8 Å². The van der Waals surface area contributed by atoms with Gasteiger partial charge in [0.1, 0.15) is 12.1 Å². The van der Waals surface area contributed by atoms with E-state index in [0.717, 1.165) is 24.2 Å². The lowest BCUT2D eigenvalue weighted by molar-refractivity contribution is 0.293. The van der Waals surface area contributed by atoms with Crippen LogP contribution < -0.4 is 5.32 Å². The molecule has 0 saturated heterocycles. The Morgan fingerprint density at radius 2 is 2.40 bits per heavy atom. The molecule has 1 N–H and O–H groups in total. The first kappa shape index (κ1) is 10.4.